The molecule has 5 atom stereocenters. The van der Waals surface area contributed by atoms with Crippen LogP contribution in [-0.4, -0.2) is 33.4 Å². The maximum absolute atomic E-state index is 13.9. The molecule has 4 aliphatic rings. The molecule has 4 aromatic carbocycles. The number of fused-ring (bicyclic) bond motifs is 1. The zero-order valence-corrected chi connectivity index (χ0v) is 25.8. The fourth-order valence-corrected chi connectivity index (χ4v) is 9.87. The van der Waals surface area contributed by atoms with Crippen LogP contribution in [0.2, 0.25) is 0 Å². The first kappa shape index (κ1) is 28.0. The van der Waals surface area contributed by atoms with E-state index in [-0.39, 0.29) is 12.0 Å². The molecular weight excluding hydrogens is 548 g/mol. The van der Waals surface area contributed by atoms with Crippen LogP contribution in [0.5, 0.6) is 0 Å². The van der Waals surface area contributed by atoms with Crippen molar-refractivity contribution in [2.24, 2.45) is 22.2 Å². The van der Waals surface area contributed by atoms with Crippen LogP contribution in [0.1, 0.15) is 71.3 Å². The van der Waals surface area contributed by atoms with E-state index in [1.54, 1.807) is 0 Å². The summed E-state index contributed by atoms with van der Waals surface area (Å²) in [4.78, 5) is 27.4. The van der Waals surface area contributed by atoms with Crippen LogP contribution in [0.25, 0.3) is 32.3 Å². The van der Waals surface area contributed by atoms with E-state index in [9.17, 15) is 19.8 Å². The number of unbranched alkanes of at least 4 members (excludes halogenated alkanes) is 1. The van der Waals surface area contributed by atoms with Gasteiger partial charge in [-0.3, -0.25) is 9.59 Å². The van der Waals surface area contributed by atoms with E-state index in [0.717, 1.165) is 32.1 Å². The van der Waals surface area contributed by atoms with Crippen molar-refractivity contribution in [3.05, 3.63) is 84.0 Å². The summed E-state index contributed by atoms with van der Waals surface area (Å²) in [6.45, 7) is 6.01. The highest BCUT2D eigenvalue weighted by atomic mass is 16.7. The van der Waals surface area contributed by atoms with E-state index < -0.39 is 45.3 Å². The third-order valence-corrected chi connectivity index (χ3v) is 11.9. The van der Waals surface area contributed by atoms with Crippen LogP contribution in [0, 0.1) is 22.2 Å². The van der Waals surface area contributed by atoms with Gasteiger partial charge < -0.3 is 14.9 Å². The summed E-state index contributed by atoms with van der Waals surface area (Å²) in [6.07, 6.45) is 11.8. The molecule has 44 heavy (non-hydrogen) atoms. The molecule has 1 heterocycles. The second-order valence-electron chi connectivity index (χ2n) is 15.0. The minimum absolute atomic E-state index is 0.159. The van der Waals surface area contributed by atoms with Gasteiger partial charge in [0.15, 0.2) is 0 Å². The summed E-state index contributed by atoms with van der Waals surface area (Å²) in [5.74, 6) is -4.25. The van der Waals surface area contributed by atoms with Gasteiger partial charge >= 0.3 is 5.97 Å². The zero-order chi connectivity index (χ0) is 30.7. The molecule has 1 aliphatic heterocycles. The second-order valence-corrected chi connectivity index (χ2v) is 15.0. The molecule has 0 amide bonds. The van der Waals surface area contributed by atoms with Crippen molar-refractivity contribution in [1.29, 1.82) is 0 Å². The van der Waals surface area contributed by atoms with Crippen molar-refractivity contribution in [2.75, 3.05) is 0 Å². The van der Waals surface area contributed by atoms with Crippen molar-refractivity contribution >= 4 is 44.1 Å². The van der Waals surface area contributed by atoms with Gasteiger partial charge in [-0.05, 0) is 88.2 Å². The summed E-state index contributed by atoms with van der Waals surface area (Å²) < 4.78 is 5.56. The Hall–Kier alpha value is -3.54. The van der Waals surface area contributed by atoms with Gasteiger partial charge in [0.25, 0.3) is 5.79 Å². The molecule has 5 nitrogen and oxygen atoms in total. The third kappa shape index (κ3) is 3.48. The third-order valence-electron chi connectivity index (χ3n) is 11.9. The molecule has 3 fully saturated rings. The number of carbonyl (C=O) groups is 2. The molecule has 2 N–H and O–H groups in total. The summed E-state index contributed by atoms with van der Waals surface area (Å²) in [7, 11) is 0. The number of Topliss-reactive ketones (excluding diaryl/α,β-unsaturated/α-hetero) is 1. The largest absolute Gasteiger partial charge is 0.424 e. The Kier molecular flexibility index (Phi) is 5.73. The number of rotatable bonds is 5. The molecule has 0 spiro atoms. The number of hydrogen-bond donors (Lipinski definition) is 2. The Labute approximate surface area is 257 Å². The number of carbonyl (C=O) groups excluding carboxylic acids is 2. The normalized spacial score (nSPS) is 34.5. The van der Waals surface area contributed by atoms with Gasteiger partial charge in [0.2, 0.25) is 5.78 Å². The second kappa shape index (κ2) is 9.02. The number of ketones is 1. The number of esters is 1. The van der Waals surface area contributed by atoms with Gasteiger partial charge in [-0.25, -0.2) is 0 Å². The average Bonchev–Trinajstić information content (AvgIpc) is 3.24. The molecule has 226 valence electrons. The minimum Gasteiger partial charge on any atom is -0.424 e. The first-order chi connectivity index (χ1) is 20.9. The molecular formula is C39H40O5. The smallest absolute Gasteiger partial charge is 0.318 e. The molecule has 8 rings (SSSR count). The van der Waals surface area contributed by atoms with Crippen LogP contribution in [-0.2, 0) is 20.7 Å². The molecule has 0 aromatic heterocycles. The number of benzene rings is 4. The molecule has 0 unspecified atom stereocenters. The fraction of sp³-hybridized carbons (Fsp3) is 0.436. The summed E-state index contributed by atoms with van der Waals surface area (Å²) >= 11 is 0. The van der Waals surface area contributed by atoms with Crippen LogP contribution >= 0.6 is 0 Å². The topological polar surface area (TPSA) is 83.8 Å². The summed E-state index contributed by atoms with van der Waals surface area (Å²) in [5.41, 5.74) is -2.41. The summed E-state index contributed by atoms with van der Waals surface area (Å²) in [5, 5.41) is 31.8. The number of ether oxygens (including phenoxy) is 1. The van der Waals surface area contributed by atoms with E-state index in [2.05, 4.69) is 73.7 Å². The maximum atomic E-state index is 13.9. The molecule has 1 saturated heterocycles. The summed E-state index contributed by atoms with van der Waals surface area (Å²) in [6, 6.07) is 19.9. The van der Waals surface area contributed by atoms with Crippen LogP contribution < -0.4 is 0 Å². The molecule has 5 heteroatoms. The van der Waals surface area contributed by atoms with Gasteiger partial charge in [-0.15, -0.1) is 0 Å². The van der Waals surface area contributed by atoms with Crippen molar-refractivity contribution in [2.45, 2.75) is 83.5 Å². The highest BCUT2D eigenvalue weighted by molar-refractivity contribution is 6.23. The highest BCUT2D eigenvalue weighted by Crippen LogP contribution is 2.71. The van der Waals surface area contributed by atoms with Crippen LogP contribution in [0.4, 0.5) is 0 Å². The van der Waals surface area contributed by atoms with Crippen molar-refractivity contribution in [1.82, 2.24) is 0 Å². The van der Waals surface area contributed by atoms with Gasteiger partial charge in [0.05, 0.1) is 5.92 Å². The quantitative estimate of drug-likeness (QED) is 0.109. The van der Waals surface area contributed by atoms with Gasteiger partial charge in [-0.1, -0.05) is 100 Å². The van der Waals surface area contributed by atoms with Crippen molar-refractivity contribution in [3.63, 3.8) is 0 Å². The predicted molar refractivity (Wildman–Crippen MR) is 172 cm³/mol. The molecule has 3 aliphatic carbocycles. The lowest BCUT2D eigenvalue weighted by Gasteiger charge is -2.59. The SMILES string of the molecule is CC1(C)CCC[C@]23C(=O)O[C@](O)(C(=O)C4=C[C@@](C)(/C=C/CCCc5ccc6ccc7cccc8ccc5c6c78)CC[C@@]42O)[C@@H]13. The minimum atomic E-state index is -2.22. The van der Waals surface area contributed by atoms with Gasteiger partial charge in [0, 0.05) is 11.0 Å². The monoisotopic (exact) mass is 588 g/mol. The molecule has 2 saturated carbocycles. The zero-order valence-electron chi connectivity index (χ0n) is 25.8. The lowest BCUT2D eigenvalue weighted by Crippen LogP contribution is -2.70. The van der Waals surface area contributed by atoms with Crippen LogP contribution in [0.3, 0.4) is 0 Å². The Morgan fingerprint density at radius 1 is 0.864 bits per heavy atom. The van der Waals surface area contributed by atoms with Crippen molar-refractivity contribution in [3.8, 4) is 0 Å². The lowest BCUT2D eigenvalue weighted by molar-refractivity contribution is -0.235. The maximum Gasteiger partial charge on any atom is 0.318 e. The number of hydrogen-bond acceptors (Lipinski definition) is 5. The first-order valence-electron chi connectivity index (χ1n) is 16.2. The van der Waals surface area contributed by atoms with E-state index >= 15 is 0 Å². The van der Waals surface area contributed by atoms with Crippen molar-refractivity contribution < 1.29 is 24.5 Å². The van der Waals surface area contributed by atoms with E-state index in [4.69, 9.17) is 4.74 Å². The van der Waals surface area contributed by atoms with E-state index in [1.165, 1.54) is 37.9 Å². The Bertz CT molecular complexity index is 1920. The number of allylic oxidation sites excluding steroid dienone is 3. The fourth-order valence-electron chi connectivity index (χ4n) is 9.87. The molecule has 2 bridgehead atoms. The number of aliphatic hydroxyl groups is 2. The predicted octanol–water partition coefficient (Wildman–Crippen LogP) is 7.56. The Morgan fingerprint density at radius 3 is 2.34 bits per heavy atom. The van der Waals surface area contributed by atoms with E-state index in [1.807, 2.05) is 19.9 Å². The van der Waals surface area contributed by atoms with Crippen LogP contribution in [0.15, 0.2) is 78.4 Å². The van der Waals surface area contributed by atoms with E-state index in [0.29, 0.717) is 12.8 Å². The standard InChI is InChI=1S/C39H40O5/c1-35(2)18-8-20-37-33(35)39(43,44-34(37)41)32(40)29-23-36(3,21-22-38(29,37)42)19-6-4-5-9-24-12-13-27-15-14-25-10-7-11-26-16-17-28(24)31(27)30(25)26/h6-7,10-17,19,23,33,42-43H,4-5,8-9,18,20-22H2,1-3H3/b19-6+/t33-,36-,37-,38+,39+/m0/s1. The molecule has 4 aromatic rings. The molecule has 0 radical (unpaired) electrons. The average molecular weight is 589 g/mol. The lowest BCUT2D eigenvalue weighted by atomic mass is 9.42. The first-order valence-corrected chi connectivity index (χ1v) is 16.2. The van der Waals surface area contributed by atoms with Gasteiger partial charge in [0.1, 0.15) is 11.0 Å². The Balaban J connectivity index is 1.04. The Morgan fingerprint density at radius 2 is 1.57 bits per heavy atom. The highest BCUT2D eigenvalue weighted by Gasteiger charge is 2.83. The number of aryl methyl sites for hydroxylation is 1. The van der Waals surface area contributed by atoms with Gasteiger partial charge in [-0.2, -0.15) is 0 Å².